The lowest BCUT2D eigenvalue weighted by Gasteiger charge is -2.43. The number of hydrogen-bond acceptors (Lipinski definition) is 3. The van der Waals surface area contributed by atoms with Crippen molar-refractivity contribution in [2.75, 3.05) is 14.7 Å². The van der Waals surface area contributed by atoms with E-state index in [4.69, 9.17) is 0 Å². The van der Waals surface area contributed by atoms with Crippen LogP contribution in [0.1, 0.15) is 36.1 Å². The van der Waals surface area contributed by atoms with Crippen LogP contribution in [0.4, 0.5) is 51.2 Å². The average molecular weight is 965 g/mol. The van der Waals surface area contributed by atoms with Gasteiger partial charge < -0.3 is 19.3 Å². The van der Waals surface area contributed by atoms with Crippen molar-refractivity contribution >= 4 is 73.0 Å². The van der Waals surface area contributed by atoms with Crippen LogP contribution in [0.15, 0.2) is 267 Å². The molecule has 360 valence electrons. The number of aryl methyl sites for hydroxylation is 2. The van der Waals surface area contributed by atoms with E-state index in [0.717, 1.165) is 67.9 Å². The number of anilines is 9. The fraction of sp³-hybridized carbons (Fsp3) is 0.0704. The molecule has 0 unspecified atom stereocenters. The molecule has 0 saturated carbocycles. The van der Waals surface area contributed by atoms with Gasteiger partial charge in [-0.2, -0.15) is 0 Å². The topological polar surface area (TPSA) is 14.7 Å². The second kappa shape index (κ2) is 18.6. The molecule has 0 radical (unpaired) electrons. The van der Waals surface area contributed by atoms with Crippen LogP contribution in [-0.2, 0) is 5.41 Å². The Morgan fingerprint density at radius 3 is 1.27 bits per heavy atom. The van der Waals surface area contributed by atoms with E-state index in [1.165, 1.54) is 55.3 Å². The lowest BCUT2D eigenvalue weighted by Crippen LogP contribution is -2.31. The van der Waals surface area contributed by atoms with Crippen LogP contribution < -0.4 is 14.7 Å². The Hall–Kier alpha value is -9.38. The van der Waals surface area contributed by atoms with Crippen molar-refractivity contribution in [3.8, 4) is 27.9 Å². The summed E-state index contributed by atoms with van der Waals surface area (Å²) in [6.07, 6.45) is 0. The van der Waals surface area contributed by atoms with Gasteiger partial charge in [0.1, 0.15) is 0 Å². The lowest BCUT2D eigenvalue weighted by molar-refractivity contribution is 0.632. The van der Waals surface area contributed by atoms with Crippen LogP contribution >= 0.6 is 0 Å². The highest BCUT2D eigenvalue weighted by atomic mass is 15.2. The summed E-state index contributed by atoms with van der Waals surface area (Å²) in [7, 11) is 0. The Labute approximate surface area is 440 Å². The van der Waals surface area contributed by atoms with E-state index in [9.17, 15) is 0 Å². The van der Waals surface area contributed by atoms with Crippen LogP contribution in [0.25, 0.3) is 49.7 Å². The second-order valence-electron chi connectivity index (χ2n) is 20.4. The average Bonchev–Trinajstić information content (AvgIpc) is 3.79. The molecule has 4 heteroatoms. The minimum absolute atomic E-state index is 0.342. The summed E-state index contributed by atoms with van der Waals surface area (Å²) in [5.41, 5.74) is 22.6. The van der Waals surface area contributed by atoms with Gasteiger partial charge in [0, 0.05) is 44.6 Å². The third-order valence-electron chi connectivity index (χ3n) is 15.2. The highest BCUT2D eigenvalue weighted by molar-refractivity contribution is 6.12. The zero-order valence-electron chi connectivity index (χ0n) is 42.7. The van der Waals surface area contributed by atoms with E-state index in [2.05, 4.69) is 314 Å². The minimum Gasteiger partial charge on any atom is -0.310 e. The summed E-state index contributed by atoms with van der Waals surface area (Å²) in [5, 5.41) is 2.41. The Bertz CT molecular complexity index is 3850. The molecule has 13 rings (SSSR count). The SMILES string of the molecule is Cc1ccc(N(c2ccc(C)cc2)c2ccc3c(c2)C(C)(C)c2ccccc2N3c2cc(N(c3ccccc3)c3ccccc3)cc(-n3c4ccc(-c5ccccc5)cc4c4cc(-c5ccccc5)ccc43)c2)cc1. The zero-order chi connectivity index (χ0) is 50.6. The molecule has 0 spiro atoms. The van der Waals surface area contributed by atoms with Gasteiger partial charge in [0.05, 0.1) is 39.5 Å². The Kier molecular flexibility index (Phi) is 11.3. The lowest BCUT2D eigenvalue weighted by atomic mass is 9.73. The fourth-order valence-electron chi connectivity index (χ4n) is 11.4. The summed E-state index contributed by atoms with van der Waals surface area (Å²) in [4.78, 5) is 7.30. The Morgan fingerprint density at radius 2 is 0.733 bits per heavy atom. The van der Waals surface area contributed by atoms with Crippen molar-refractivity contribution in [1.82, 2.24) is 4.57 Å². The maximum atomic E-state index is 2.51. The first-order valence-electron chi connectivity index (χ1n) is 26.0. The molecule has 0 N–H and O–H groups in total. The van der Waals surface area contributed by atoms with Gasteiger partial charge in [-0.05, 0) is 162 Å². The molecule has 0 aliphatic carbocycles. The highest BCUT2D eigenvalue weighted by Gasteiger charge is 2.38. The van der Waals surface area contributed by atoms with Crippen molar-refractivity contribution in [3.63, 3.8) is 0 Å². The summed E-state index contributed by atoms with van der Waals surface area (Å²) in [5.74, 6) is 0. The first-order chi connectivity index (χ1) is 36.8. The van der Waals surface area contributed by atoms with Gasteiger partial charge >= 0.3 is 0 Å². The number of hydrogen-bond donors (Lipinski definition) is 0. The number of rotatable bonds is 10. The normalized spacial score (nSPS) is 12.6. The third-order valence-corrected chi connectivity index (χ3v) is 15.2. The predicted molar refractivity (Wildman–Crippen MR) is 317 cm³/mol. The maximum absolute atomic E-state index is 2.51. The van der Waals surface area contributed by atoms with Gasteiger partial charge in [-0.3, -0.25) is 0 Å². The first kappa shape index (κ1) is 45.5. The molecule has 11 aromatic carbocycles. The van der Waals surface area contributed by atoms with Gasteiger partial charge in [0.2, 0.25) is 0 Å². The Morgan fingerprint density at radius 1 is 0.307 bits per heavy atom. The van der Waals surface area contributed by atoms with Gasteiger partial charge in [-0.1, -0.05) is 177 Å². The van der Waals surface area contributed by atoms with Crippen molar-refractivity contribution in [1.29, 1.82) is 0 Å². The molecule has 0 atom stereocenters. The van der Waals surface area contributed by atoms with Crippen LogP contribution in [0.2, 0.25) is 0 Å². The van der Waals surface area contributed by atoms with Gasteiger partial charge in [-0.25, -0.2) is 0 Å². The first-order valence-corrected chi connectivity index (χ1v) is 26.0. The molecule has 12 aromatic rings. The van der Waals surface area contributed by atoms with Crippen LogP contribution in [0.5, 0.6) is 0 Å². The number of fused-ring (bicyclic) bond motifs is 5. The highest BCUT2D eigenvalue weighted by Crippen LogP contribution is 2.55. The molecule has 0 bridgehead atoms. The van der Waals surface area contributed by atoms with Gasteiger partial charge in [-0.15, -0.1) is 0 Å². The predicted octanol–water partition coefficient (Wildman–Crippen LogP) is 19.8. The van der Waals surface area contributed by atoms with E-state index in [1.807, 2.05) is 0 Å². The molecule has 1 aliphatic heterocycles. The molecule has 0 fully saturated rings. The van der Waals surface area contributed by atoms with E-state index < -0.39 is 0 Å². The van der Waals surface area contributed by atoms with Crippen molar-refractivity contribution in [2.45, 2.75) is 33.1 Å². The standard InChI is InChI=1S/C71H56N4/c1-49-29-35-57(36-30-49)72(58-37-31-50(2)32-38-58)59-39-42-70-66(48-59)71(3,4)65-27-17-18-28-69(65)75(70)62-46-60(73(55-23-13-7-14-24-55)56-25-15-8-16-26-56)45-61(47-62)74-67-40-33-53(51-19-9-5-10-20-51)43-63(67)64-44-54(34-41-68(64)74)52-21-11-6-12-22-52/h5-48H,1-4H3. The van der Waals surface area contributed by atoms with E-state index in [0.29, 0.717) is 0 Å². The quantitative estimate of drug-likeness (QED) is 0.136. The molecule has 75 heavy (non-hydrogen) atoms. The zero-order valence-corrected chi connectivity index (χ0v) is 42.7. The molecular formula is C71H56N4. The molecule has 1 aromatic heterocycles. The van der Waals surface area contributed by atoms with Crippen LogP contribution in [0.3, 0.4) is 0 Å². The Balaban J connectivity index is 1.08. The van der Waals surface area contributed by atoms with Gasteiger partial charge in [0.15, 0.2) is 0 Å². The minimum atomic E-state index is -0.342. The second-order valence-corrected chi connectivity index (χ2v) is 20.4. The van der Waals surface area contributed by atoms with Crippen LogP contribution in [0, 0.1) is 13.8 Å². The van der Waals surface area contributed by atoms with Crippen molar-refractivity contribution in [2.24, 2.45) is 0 Å². The number of aromatic nitrogens is 1. The number of benzene rings is 11. The van der Waals surface area contributed by atoms with Crippen molar-refractivity contribution in [3.05, 3.63) is 289 Å². The number of para-hydroxylation sites is 3. The summed E-state index contributed by atoms with van der Waals surface area (Å²) < 4.78 is 2.49. The smallest absolute Gasteiger partial charge is 0.0541 e. The fourth-order valence-corrected chi connectivity index (χ4v) is 11.4. The molecule has 0 saturated heterocycles. The summed E-state index contributed by atoms with van der Waals surface area (Å²) in [6.45, 7) is 9.07. The molecule has 4 nitrogen and oxygen atoms in total. The molecule has 2 heterocycles. The van der Waals surface area contributed by atoms with Crippen molar-refractivity contribution < 1.29 is 0 Å². The number of nitrogens with zero attached hydrogens (tertiary/aromatic N) is 4. The third kappa shape index (κ3) is 8.12. The molecule has 1 aliphatic rings. The van der Waals surface area contributed by atoms with Crippen LogP contribution in [-0.4, -0.2) is 4.57 Å². The largest absolute Gasteiger partial charge is 0.310 e. The molecular weight excluding hydrogens is 909 g/mol. The van der Waals surface area contributed by atoms with E-state index in [-0.39, 0.29) is 5.41 Å². The van der Waals surface area contributed by atoms with E-state index >= 15 is 0 Å². The molecule has 0 amide bonds. The van der Waals surface area contributed by atoms with E-state index in [1.54, 1.807) is 0 Å². The summed E-state index contributed by atoms with van der Waals surface area (Å²) >= 11 is 0. The summed E-state index contributed by atoms with van der Waals surface area (Å²) in [6, 6.07) is 98.0. The maximum Gasteiger partial charge on any atom is 0.0541 e. The van der Waals surface area contributed by atoms with Gasteiger partial charge in [0.25, 0.3) is 0 Å². The monoisotopic (exact) mass is 964 g/mol.